The molecule has 0 saturated carbocycles. The van der Waals surface area contributed by atoms with Crippen LogP contribution in [-0.4, -0.2) is 7.11 Å². The Morgan fingerprint density at radius 2 is 2.10 bits per heavy atom. The first-order valence-corrected chi connectivity index (χ1v) is 3.44. The molecule has 1 nitrogen and oxygen atoms in total. The third kappa shape index (κ3) is 1.72. The van der Waals surface area contributed by atoms with E-state index in [1.165, 1.54) is 0 Å². The van der Waals surface area contributed by atoms with Crippen LogP contribution in [0.2, 0.25) is 5.02 Å². The molecule has 0 saturated heterocycles. The number of hydrogen-bond acceptors (Lipinski definition) is 1. The van der Waals surface area contributed by atoms with Crippen LogP contribution in [0.25, 0.3) is 0 Å². The number of halogens is 1. The van der Waals surface area contributed by atoms with Crippen molar-refractivity contribution in [1.29, 1.82) is 0 Å². The monoisotopic (exact) mass is 156 g/mol. The largest absolute Gasteiger partial charge is 0.380 e. The van der Waals surface area contributed by atoms with E-state index in [2.05, 4.69) is 0 Å². The Labute approximate surface area is 65.6 Å². The van der Waals surface area contributed by atoms with Crippen LogP contribution in [0.15, 0.2) is 24.3 Å². The van der Waals surface area contributed by atoms with E-state index < -0.39 is 0 Å². The van der Waals surface area contributed by atoms with Crippen LogP contribution >= 0.6 is 11.6 Å². The first kappa shape index (κ1) is 7.58. The van der Waals surface area contributed by atoms with Gasteiger partial charge in [-0.3, -0.25) is 0 Å². The fourth-order valence-corrected chi connectivity index (χ4v) is 0.961. The molecule has 0 bridgehead atoms. The highest BCUT2D eigenvalue weighted by molar-refractivity contribution is 6.31. The normalized spacial score (nSPS) is 9.80. The van der Waals surface area contributed by atoms with E-state index in [4.69, 9.17) is 16.3 Å². The van der Waals surface area contributed by atoms with Gasteiger partial charge in [0.25, 0.3) is 0 Å². The van der Waals surface area contributed by atoms with Crippen molar-refractivity contribution in [2.75, 3.05) is 7.11 Å². The number of methoxy groups -OCH3 is 1. The second kappa shape index (κ2) is 3.59. The molecule has 1 aromatic carbocycles. The third-order valence-corrected chi connectivity index (χ3v) is 1.63. The molecule has 0 aliphatic carbocycles. The molecule has 0 atom stereocenters. The Balaban J connectivity index is 2.81. The predicted molar refractivity (Wildman–Crippen MR) is 42.2 cm³/mol. The predicted octanol–water partition coefficient (Wildman–Crippen LogP) is 2.49. The lowest BCUT2D eigenvalue weighted by Gasteiger charge is -1.99. The lowest BCUT2D eigenvalue weighted by molar-refractivity contribution is 0.185. The number of rotatable bonds is 2. The second-order valence-corrected chi connectivity index (χ2v) is 2.43. The average Bonchev–Trinajstić information content (AvgIpc) is 1.94. The Kier molecular flexibility index (Phi) is 2.72. The topological polar surface area (TPSA) is 9.23 Å². The molecule has 10 heavy (non-hydrogen) atoms. The van der Waals surface area contributed by atoms with Gasteiger partial charge in [0.2, 0.25) is 0 Å². The van der Waals surface area contributed by atoms with Crippen molar-refractivity contribution in [3.63, 3.8) is 0 Å². The maximum Gasteiger partial charge on any atom is 0.0727 e. The molecule has 0 N–H and O–H groups in total. The summed E-state index contributed by atoms with van der Waals surface area (Å²) < 4.78 is 4.92. The van der Waals surface area contributed by atoms with E-state index in [1.54, 1.807) is 7.11 Å². The summed E-state index contributed by atoms with van der Waals surface area (Å²) in [5, 5.41) is 0.768. The highest BCUT2D eigenvalue weighted by Gasteiger charge is 1.95. The van der Waals surface area contributed by atoms with Gasteiger partial charge in [-0.15, -0.1) is 0 Å². The molecule has 0 unspecified atom stereocenters. The highest BCUT2D eigenvalue weighted by Crippen LogP contribution is 2.14. The van der Waals surface area contributed by atoms with Crippen LogP contribution < -0.4 is 0 Å². The fourth-order valence-electron chi connectivity index (χ4n) is 0.771. The number of benzene rings is 1. The summed E-state index contributed by atoms with van der Waals surface area (Å²) in [4.78, 5) is 0. The van der Waals surface area contributed by atoms with Crippen molar-refractivity contribution >= 4 is 11.6 Å². The van der Waals surface area contributed by atoms with E-state index in [0.717, 1.165) is 10.6 Å². The standard InChI is InChI=1S/C8H9ClO/c1-10-6-7-4-2-3-5-8(7)9/h2-5H,6H2,1H3. The summed E-state index contributed by atoms with van der Waals surface area (Å²) in [6.45, 7) is 0.583. The zero-order valence-electron chi connectivity index (χ0n) is 5.80. The fraction of sp³-hybridized carbons (Fsp3) is 0.250. The SMILES string of the molecule is COCc1ccccc1Cl. The van der Waals surface area contributed by atoms with Gasteiger partial charge >= 0.3 is 0 Å². The number of hydrogen-bond donors (Lipinski definition) is 0. The molecule has 0 aliphatic rings. The zero-order chi connectivity index (χ0) is 7.40. The Hall–Kier alpha value is -0.530. The molecule has 1 rings (SSSR count). The molecular weight excluding hydrogens is 148 g/mol. The van der Waals surface area contributed by atoms with Crippen molar-refractivity contribution in [3.8, 4) is 0 Å². The minimum absolute atomic E-state index is 0.583. The minimum Gasteiger partial charge on any atom is -0.380 e. The van der Waals surface area contributed by atoms with E-state index in [1.807, 2.05) is 24.3 Å². The summed E-state index contributed by atoms with van der Waals surface area (Å²) in [5.41, 5.74) is 1.03. The van der Waals surface area contributed by atoms with Gasteiger partial charge in [0, 0.05) is 12.1 Å². The second-order valence-electron chi connectivity index (χ2n) is 2.02. The van der Waals surface area contributed by atoms with Crippen LogP contribution in [-0.2, 0) is 11.3 Å². The van der Waals surface area contributed by atoms with Crippen LogP contribution in [0.3, 0.4) is 0 Å². The first-order chi connectivity index (χ1) is 4.84. The third-order valence-electron chi connectivity index (χ3n) is 1.26. The minimum atomic E-state index is 0.583. The highest BCUT2D eigenvalue weighted by atomic mass is 35.5. The summed E-state index contributed by atoms with van der Waals surface area (Å²) in [5.74, 6) is 0. The molecule has 0 heterocycles. The van der Waals surface area contributed by atoms with Crippen molar-refractivity contribution in [2.24, 2.45) is 0 Å². The van der Waals surface area contributed by atoms with E-state index >= 15 is 0 Å². The van der Waals surface area contributed by atoms with Crippen molar-refractivity contribution in [1.82, 2.24) is 0 Å². The lowest BCUT2D eigenvalue weighted by Crippen LogP contribution is -1.86. The van der Waals surface area contributed by atoms with Gasteiger partial charge in [0.1, 0.15) is 0 Å². The molecule has 0 spiro atoms. The lowest BCUT2D eigenvalue weighted by atomic mass is 10.2. The van der Waals surface area contributed by atoms with Crippen LogP contribution in [0.1, 0.15) is 5.56 Å². The molecule has 0 fully saturated rings. The van der Waals surface area contributed by atoms with Gasteiger partial charge in [-0.05, 0) is 11.6 Å². The molecule has 1 aromatic rings. The van der Waals surface area contributed by atoms with Crippen molar-refractivity contribution in [2.45, 2.75) is 6.61 Å². The zero-order valence-corrected chi connectivity index (χ0v) is 6.56. The Bertz CT molecular complexity index is 210. The van der Waals surface area contributed by atoms with Gasteiger partial charge in [0.15, 0.2) is 0 Å². The van der Waals surface area contributed by atoms with Gasteiger partial charge in [-0.2, -0.15) is 0 Å². The molecule has 2 heteroatoms. The van der Waals surface area contributed by atoms with E-state index in [-0.39, 0.29) is 0 Å². The molecule has 0 aromatic heterocycles. The number of ether oxygens (including phenoxy) is 1. The van der Waals surface area contributed by atoms with Gasteiger partial charge in [-0.25, -0.2) is 0 Å². The van der Waals surface area contributed by atoms with Crippen LogP contribution in [0.5, 0.6) is 0 Å². The van der Waals surface area contributed by atoms with E-state index in [0.29, 0.717) is 6.61 Å². The summed E-state index contributed by atoms with van der Waals surface area (Å²) in [7, 11) is 1.66. The van der Waals surface area contributed by atoms with Gasteiger partial charge in [-0.1, -0.05) is 29.8 Å². The quantitative estimate of drug-likeness (QED) is 0.639. The first-order valence-electron chi connectivity index (χ1n) is 3.07. The van der Waals surface area contributed by atoms with Gasteiger partial charge < -0.3 is 4.74 Å². The van der Waals surface area contributed by atoms with Crippen LogP contribution in [0.4, 0.5) is 0 Å². The van der Waals surface area contributed by atoms with E-state index in [9.17, 15) is 0 Å². The maximum atomic E-state index is 5.82. The Morgan fingerprint density at radius 1 is 1.40 bits per heavy atom. The molecule has 0 amide bonds. The summed E-state index contributed by atoms with van der Waals surface area (Å²) in [6, 6.07) is 7.66. The molecule has 54 valence electrons. The molecular formula is C8H9ClO. The smallest absolute Gasteiger partial charge is 0.0727 e. The summed E-state index contributed by atoms with van der Waals surface area (Å²) >= 11 is 5.82. The Morgan fingerprint density at radius 3 is 2.70 bits per heavy atom. The van der Waals surface area contributed by atoms with Crippen molar-refractivity contribution < 1.29 is 4.74 Å². The van der Waals surface area contributed by atoms with Crippen molar-refractivity contribution in [3.05, 3.63) is 34.9 Å². The van der Waals surface area contributed by atoms with Crippen LogP contribution in [0, 0.1) is 0 Å². The average molecular weight is 157 g/mol. The maximum absolute atomic E-state index is 5.82. The van der Waals surface area contributed by atoms with Gasteiger partial charge in [0.05, 0.1) is 6.61 Å². The summed E-state index contributed by atoms with van der Waals surface area (Å²) in [6.07, 6.45) is 0. The molecule has 0 radical (unpaired) electrons. The molecule has 0 aliphatic heterocycles.